The van der Waals surface area contributed by atoms with Crippen LogP contribution >= 0.6 is 11.8 Å². The molecule has 1 N–H and O–H groups in total. The van der Waals surface area contributed by atoms with E-state index in [1.165, 1.54) is 11.8 Å². The van der Waals surface area contributed by atoms with Gasteiger partial charge in [-0.3, -0.25) is 4.79 Å². The highest BCUT2D eigenvalue weighted by molar-refractivity contribution is 7.99. The maximum Gasteiger partial charge on any atom is 0.341 e. The number of hydrogen-bond acceptors (Lipinski definition) is 5. The summed E-state index contributed by atoms with van der Waals surface area (Å²) in [7, 11) is 0. The summed E-state index contributed by atoms with van der Waals surface area (Å²) in [5, 5.41) is 3.18. The first-order valence-electron chi connectivity index (χ1n) is 7.69. The molecule has 0 unspecified atom stereocenters. The molecule has 1 heterocycles. The van der Waals surface area contributed by atoms with Crippen molar-refractivity contribution in [2.24, 2.45) is 0 Å². The Morgan fingerprint density at radius 2 is 1.96 bits per heavy atom. The lowest BCUT2D eigenvalue weighted by atomic mass is 10.2. The fourth-order valence-corrected chi connectivity index (χ4v) is 2.81. The van der Waals surface area contributed by atoms with Crippen LogP contribution in [0.4, 0.5) is 0 Å². The second-order valence-corrected chi connectivity index (χ2v) is 6.28. The lowest BCUT2D eigenvalue weighted by Crippen LogP contribution is -2.35. The predicted molar refractivity (Wildman–Crippen MR) is 93.1 cm³/mol. The molecule has 0 saturated heterocycles. The molecule has 6 heteroatoms. The molecule has 0 saturated carbocycles. The first-order valence-corrected chi connectivity index (χ1v) is 8.51. The van der Waals surface area contributed by atoms with Crippen LogP contribution in [0.2, 0.25) is 0 Å². The Labute approximate surface area is 145 Å². The normalized spacial score (nSPS) is 11.6. The molecule has 1 atom stereocenters. The fourth-order valence-electron chi connectivity index (χ4n) is 1.94. The molecule has 24 heavy (non-hydrogen) atoms. The molecule has 1 aromatic carbocycles. The number of nitrogens with zero attached hydrogens (tertiary/aromatic N) is 1. The van der Waals surface area contributed by atoms with Gasteiger partial charge in [0.15, 0.2) is 6.10 Å². The van der Waals surface area contributed by atoms with Gasteiger partial charge < -0.3 is 10.1 Å². The first kappa shape index (κ1) is 18.0. The summed E-state index contributed by atoms with van der Waals surface area (Å²) in [5.74, 6) is -0.876. The Morgan fingerprint density at radius 3 is 2.62 bits per heavy atom. The molecule has 5 nitrogen and oxygen atoms in total. The van der Waals surface area contributed by atoms with E-state index in [2.05, 4.69) is 10.3 Å². The van der Waals surface area contributed by atoms with Crippen molar-refractivity contribution in [2.75, 3.05) is 6.54 Å². The van der Waals surface area contributed by atoms with Gasteiger partial charge in [-0.15, -0.1) is 0 Å². The zero-order valence-electron chi connectivity index (χ0n) is 13.9. The number of amides is 1. The zero-order chi connectivity index (χ0) is 17.5. The molecule has 0 fully saturated rings. The van der Waals surface area contributed by atoms with Gasteiger partial charge in [0, 0.05) is 17.6 Å². The molecule has 126 valence electrons. The SMILES string of the molecule is CCNC(=O)[C@@H](C)OC(=O)c1cccnc1Sc1ccc(C)cc1. The van der Waals surface area contributed by atoms with Crippen LogP contribution in [0.5, 0.6) is 0 Å². The van der Waals surface area contributed by atoms with Gasteiger partial charge in [0.2, 0.25) is 0 Å². The summed E-state index contributed by atoms with van der Waals surface area (Å²) >= 11 is 1.38. The summed E-state index contributed by atoms with van der Waals surface area (Å²) in [6.07, 6.45) is 0.774. The average molecular weight is 344 g/mol. The minimum Gasteiger partial charge on any atom is -0.449 e. The van der Waals surface area contributed by atoms with Crippen molar-refractivity contribution in [3.63, 3.8) is 0 Å². The molecule has 1 aromatic heterocycles. The number of likely N-dealkylation sites (N-methyl/N-ethyl adjacent to an activating group) is 1. The van der Waals surface area contributed by atoms with Crippen molar-refractivity contribution in [2.45, 2.75) is 36.8 Å². The standard InChI is InChI=1S/C18H20N2O3S/c1-4-19-16(21)13(3)23-18(22)15-6-5-11-20-17(15)24-14-9-7-12(2)8-10-14/h5-11,13H,4H2,1-3H3,(H,19,21)/t13-/m1/s1. The highest BCUT2D eigenvalue weighted by Crippen LogP contribution is 2.29. The second kappa shape index (κ2) is 8.49. The van der Waals surface area contributed by atoms with E-state index in [4.69, 9.17) is 4.74 Å². The largest absolute Gasteiger partial charge is 0.449 e. The van der Waals surface area contributed by atoms with E-state index < -0.39 is 12.1 Å². The number of benzene rings is 1. The molecule has 0 spiro atoms. The third-order valence-electron chi connectivity index (χ3n) is 3.23. The van der Waals surface area contributed by atoms with Gasteiger partial charge in [-0.05, 0) is 45.0 Å². The monoisotopic (exact) mass is 344 g/mol. The van der Waals surface area contributed by atoms with Crippen molar-refractivity contribution in [3.8, 4) is 0 Å². The molecule has 0 aliphatic carbocycles. The van der Waals surface area contributed by atoms with Crippen LogP contribution in [0.3, 0.4) is 0 Å². The van der Waals surface area contributed by atoms with Gasteiger partial charge >= 0.3 is 5.97 Å². The van der Waals surface area contributed by atoms with Crippen LogP contribution in [0.1, 0.15) is 29.8 Å². The average Bonchev–Trinajstić information content (AvgIpc) is 2.57. The lowest BCUT2D eigenvalue weighted by molar-refractivity contribution is -0.128. The van der Waals surface area contributed by atoms with Crippen molar-refractivity contribution in [1.29, 1.82) is 0 Å². The smallest absolute Gasteiger partial charge is 0.341 e. The Morgan fingerprint density at radius 1 is 1.25 bits per heavy atom. The summed E-state index contributed by atoms with van der Waals surface area (Å²) < 4.78 is 5.24. The van der Waals surface area contributed by atoms with Gasteiger partial charge in [0.25, 0.3) is 5.91 Å². The Hall–Kier alpha value is -2.34. The van der Waals surface area contributed by atoms with Crippen molar-refractivity contribution < 1.29 is 14.3 Å². The number of rotatable bonds is 6. The molecule has 0 radical (unpaired) electrons. The van der Waals surface area contributed by atoms with Gasteiger partial charge in [-0.2, -0.15) is 0 Å². The van der Waals surface area contributed by atoms with E-state index in [9.17, 15) is 9.59 Å². The minimum absolute atomic E-state index is 0.317. The Bertz CT molecular complexity index is 716. The highest BCUT2D eigenvalue weighted by Gasteiger charge is 2.21. The van der Waals surface area contributed by atoms with Gasteiger partial charge in [0.1, 0.15) is 5.03 Å². The third kappa shape index (κ3) is 4.83. The van der Waals surface area contributed by atoms with Crippen LogP contribution in [0.25, 0.3) is 0 Å². The summed E-state index contributed by atoms with van der Waals surface area (Å²) in [6.45, 7) is 5.86. The summed E-state index contributed by atoms with van der Waals surface area (Å²) in [5.41, 5.74) is 1.51. The van der Waals surface area contributed by atoms with E-state index in [-0.39, 0.29) is 5.91 Å². The molecule has 0 aliphatic heterocycles. The van der Waals surface area contributed by atoms with Crippen LogP contribution < -0.4 is 5.32 Å². The van der Waals surface area contributed by atoms with Crippen LogP contribution in [0, 0.1) is 6.92 Å². The molecule has 2 rings (SSSR count). The van der Waals surface area contributed by atoms with E-state index in [1.54, 1.807) is 25.3 Å². The number of carbonyl (C=O) groups is 2. The van der Waals surface area contributed by atoms with Gasteiger partial charge in [-0.25, -0.2) is 9.78 Å². The number of aromatic nitrogens is 1. The predicted octanol–water partition coefficient (Wildman–Crippen LogP) is 3.22. The maximum atomic E-state index is 12.4. The minimum atomic E-state index is -0.852. The van der Waals surface area contributed by atoms with Gasteiger partial charge in [0.05, 0.1) is 5.56 Å². The number of hydrogen-bond donors (Lipinski definition) is 1. The van der Waals surface area contributed by atoms with E-state index in [1.807, 2.05) is 38.1 Å². The molecule has 0 bridgehead atoms. The first-order chi connectivity index (χ1) is 11.5. The summed E-state index contributed by atoms with van der Waals surface area (Å²) in [4.78, 5) is 29.3. The lowest BCUT2D eigenvalue weighted by Gasteiger charge is -2.14. The highest BCUT2D eigenvalue weighted by atomic mass is 32.2. The van der Waals surface area contributed by atoms with Crippen molar-refractivity contribution >= 4 is 23.6 Å². The van der Waals surface area contributed by atoms with Gasteiger partial charge in [-0.1, -0.05) is 29.5 Å². The number of nitrogens with one attached hydrogen (secondary N) is 1. The second-order valence-electron chi connectivity index (χ2n) is 5.21. The van der Waals surface area contributed by atoms with Crippen molar-refractivity contribution in [1.82, 2.24) is 10.3 Å². The number of pyridine rings is 1. The molecule has 0 aliphatic rings. The molecule has 2 aromatic rings. The molecular weight excluding hydrogens is 324 g/mol. The number of ether oxygens (including phenoxy) is 1. The maximum absolute atomic E-state index is 12.4. The van der Waals surface area contributed by atoms with Crippen molar-refractivity contribution in [3.05, 3.63) is 53.7 Å². The number of carbonyl (C=O) groups excluding carboxylic acids is 2. The molecular formula is C18H20N2O3S. The Balaban J connectivity index is 2.14. The number of esters is 1. The summed E-state index contributed by atoms with van der Waals surface area (Å²) in [6, 6.07) is 11.3. The van der Waals surface area contributed by atoms with Crippen LogP contribution in [-0.2, 0) is 9.53 Å². The van der Waals surface area contributed by atoms with Crippen LogP contribution in [0.15, 0.2) is 52.5 Å². The van der Waals surface area contributed by atoms with Crippen LogP contribution in [-0.4, -0.2) is 29.5 Å². The van der Waals surface area contributed by atoms with E-state index in [0.717, 1.165) is 10.5 Å². The quantitative estimate of drug-likeness (QED) is 0.815. The zero-order valence-corrected chi connectivity index (χ0v) is 14.7. The third-order valence-corrected chi connectivity index (χ3v) is 4.26. The van der Waals surface area contributed by atoms with E-state index >= 15 is 0 Å². The Kier molecular flexibility index (Phi) is 6.37. The number of aryl methyl sites for hydroxylation is 1. The topological polar surface area (TPSA) is 68.3 Å². The molecule has 1 amide bonds. The fraction of sp³-hybridized carbons (Fsp3) is 0.278. The van der Waals surface area contributed by atoms with E-state index in [0.29, 0.717) is 17.1 Å².